The monoisotopic (exact) mass is 436 g/mol. The third-order valence-corrected chi connectivity index (χ3v) is 4.94. The van der Waals surface area contributed by atoms with Gasteiger partial charge in [-0.15, -0.1) is 0 Å². The fourth-order valence-corrected chi connectivity index (χ4v) is 3.37. The lowest BCUT2D eigenvalue weighted by molar-refractivity contribution is -0.123. The van der Waals surface area contributed by atoms with Crippen LogP contribution in [0.5, 0.6) is 0 Å². The second kappa shape index (κ2) is 6.84. The van der Waals surface area contributed by atoms with E-state index in [1.807, 2.05) is 49.4 Å². The number of pyridine rings is 1. The minimum Gasteiger partial charge on any atom is -0.268 e. The van der Waals surface area contributed by atoms with Gasteiger partial charge in [0.05, 0.1) is 17.1 Å². The van der Waals surface area contributed by atoms with Crippen molar-refractivity contribution in [2.24, 2.45) is 0 Å². The molecule has 1 aromatic carbocycles. The summed E-state index contributed by atoms with van der Waals surface area (Å²) in [6, 6.07) is 13.4. The molecule has 0 bridgehead atoms. The van der Waals surface area contributed by atoms with Crippen molar-refractivity contribution in [3.8, 4) is 0 Å². The van der Waals surface area contributed by atoms with Crippen LogP contribution in [0.4, 0.5) is 4.79 Å². The summed E-state index contributed by atoms with van der Waals surface area (Å²) in [6.45, 7) is 2.18. The summed E-state index contributed by atoms with van der Waals surface area (Å²) in [7, 11) is 0. The van der Waals surface area contributed by atoms with E-state index >= 15 is 0 Å². The zero-order valence-corrected chi connectivity index (χ0v) is 15.3. The van der Waals surface area contributed by atoms with Crippen LogP contribution in [-0.4, -0.2) is 21.0 Å². The highest BCUT2D eigenvalue weighted by molar-refractivity contribution is 14.1. The first-order valence-electron chi connectivity index (χ1n) is 6.96. The Morgan fingerprint density at radius 3 is 2.61 bits per heavy atom. The molecule has 4 nitrogen and oxygen atoms in total. The summed E-state index contributed by atoms with van der Waals surface area (Å²) in [5.74, 6) is -0.262. The van der Waals surface area contributed by atoms with Gasteiger partial charge in [0.2, 0.25) is 0 Å². The molecule has 0 atom stereocenters. The van der Waals surface area contributed by atoms with Crippen LogP contribution in [0, 0.1) is 10.5 Å². The molecule has 1 fully saturated rings. The van der Waals surface area contributed by atoms with Crippen LogP contribution >= 0.6 is 34.4 Å². The molecule has 0 radical (unpaired) electrons. The van der Waals surface area contributed by atoms with Gasteiger partial charge >= 0.3 is 0 Å². The molecule has 1 aliphatic heterocycles. The highest BCUT2D eigenvalue weighted by Gasteiger charge is 2.35. The lowest BCUT2D eigenvalue weighted by Gasteiger charge is -2.12. The van der Waals surface area contributed by atoms with E-state index in [-0.39, 0.29) is 11.1 Å². The topological polar surface area (TPSA) is 50.3 Å². The van der Waals surface area contributed by atoms with Crippen molar-refractivity contribution in [2.45, 2.75) is 13.5 Å². The maximum absolute atomic E-state index is 12.5. The molecule has 6 heteroatoms. The number of carbonyl (C=O) groups excluding carboxylic acids is 2. The Morgan fingerprint density at radius 2 is 1.91 bits per heavy atom. The van der Waals surface area contributed by atoms with Crippen LogP contribution in [0.2, 0.25) is 0 Å². The van der Waals surface area contributed by atoms with Crippen LogP contribution in [0.15, 0.2) is 47.4 Å². The van der Waals surface area contributed by atoms with Crippen molar-refractivity contribution in [1.29, 1.82) is 0 Å². The molecule has 1 aromatic heterocycles. The van der Waals surface area contributed by atoms with Gasteiger partial charge in [-0.3, -0.25) is 19.5 Å². The van der Waals surface area contributed by atoms with Gasteiger partial charge in [-0.2, -0.15) is 0 Å². The van der Waals surface area contributed by atoms with Crippen molar-refractivity contribution in [1.82, 2.24) is 9.88 Å². The number of amides is 2. The Labute approximate surface area is 152 Å². The lowest BCUT2D eigenvalue weighted by atomic mass is 10.2. The molecule has 2 amide bonds. The summed E-state index contributed by atoms with van der Waals surface area (Å²) in [5, 5.41) is -0.243. The molecular formula is C17H13IN2O2S. The van der Waals surface area contributed by atoms with Gasteiger partial charge < -0.3 is 0 Å². The molecule has 0 spiro atoms. The highest BCUT2D eigenvalue weighted by atomic mass is 127. The maximum atomic E-state index is 12.5. The summed E-state index contributed by atoms with van der Waals surface area (Å²) < 4.78 is 1.12. The number of rotatable bonds is 3. The van der Waals surface area contributed by atoms with Gasteiger partial charge in [0.15, 0.2) is 0 Å². The van der Waals surface area contributed by atoms with Crippen LogP contribution in [-0.2, 0) is 11.3 Å². The molecule has 0 aliphatic carbocycles. The number of hydrogen-bond acceptors (Lipinski definition) is 4. The first-order valence-corrected chi connectivity index (χ1v) is 8.86. The van der Waals surface area contributed by atoms with E-state index in [0.29, 0.717) is 17.1 Å². The predicted octanol–water partition coefficient (Wildman–Crippen LogP) is 4.23. The molecule has 23 heavy (non-hydrogen) atoms. The lowest BCUT2D eigenvalue weighted by Crippen LogP contribution is -2.27. The molecule has 0 saturated carbocycles. The number of hydrogen-bond donors (Lipinski definition) is 0. The molecule has 0 N–H and O–H groups in total. The average Bonchev–Trinajstić information content (AvgIpc) is 2.77. The normalized spacial score (nSPS) is 16.4. The number of nitrogens with zero attached hydrogens (tertiary/aromatic N) is 2. The smallest absolute Gasteiger partial charge is 0.268 e. The van der Waals surface area contributed by atoms with Crippen LogP contribution in [0.3, 0.4) is 0 Å². The summed E-state index contributed by atoms with van der Waals surface area (Å²) in [5.41, 5.74) is 2.49. The predicted molar refractivity (Wildman–Crippen MR) is 99.6 cm³/mol. The standard InChI is InChI=1S/C17H13IN2O2S/c1-11-3-2-4-14(19-11)9-15-16(21)20(17(22)23-15)10-12-5-7-13(18)8-6-12/h2-9H,10H2,1H3/b15-9-. The molecule has 0 unspecified atom stereocenters. The fourth-order valence-electron chi connectivity index (χ4n) is 2.19. The third kappa shape index (κ3) is 3.81. The number of aryl methyl sites for hydroxylation is 1. The largest absolute Gasteiger partial charge is 0.293 e. The number of aromatic nitrogens is 1. The molecule has 3 rings (SSSR count). The average molecular weight is 436 g/mol. The van der Waals surface area contributed by atoms with Gasteiger partial charge in [-0.1, -0.05) is 18.2 Å². The van der Waals surface area contributed by atoms with Crippen molar-refractivity contribution in [2.75, 3.05) is 0 Å². The van der Waals surface area contributed by atoms with E-state index in [2.05, 4.69) is 27.6 Å². The van der Waals surface area contributed by atoms with Gasteiger partial charge in [0.25, 0.3) is 11.1 Å². The maximum Gasteiger partial charge on any atom is 0.293 e. The second-order valence-electron chi connectivity index (χ2n) is 5.10. The summed E-state index contributed by atoms with van der Waals surface area (Å²) in [4.78, 5) is 30.6. The van der Waals surface area contributed by atoms with Crippen molar-refractivity contribution >= 4 is 51.6 Å². The molecule has 116 valence electrons. The summed E-state index contributed by atoms with van der Waals surface area (Å²) in [6.07, 6.45) is 1.67. The number of carbonyl (C=O) groups is 2. The first kappa shape index (κ1) is 16.2. The Morgan fingerprint density at radius 1 is 1.17 bits per heavy atom. The Kier molecular flexibility index (Phi) is 4.82. The Balaban J connectivity index is 1.81. The number of halogens is 1. The third-order valence-electron chi connectivity index (χ3n) is 3.32. The number of thioether (sulfide) groups is 1. The molecular weight excluding hydrogens is 423 g/mol. The van der Waals surface area contributed by atoms with Crippen LogP contribution in [0.1, 0.15) is 17.0 Å². The van der Waals surface area contributed by atoms with E-state index in [9.17, 15) is 9.59 Å². The van der Waals surface area contributed by atoms with Crippen LogP contribution in [0.25, 0.3) is 6.08 Å². The molecule has 1 saturated heterocycles. The van der Waals surface area contributed by atoms with Gasteiger partial charge in [0, 0.05) is 9.26 Å². The fraction of sp³-hybridized carbons (Fsp3) is 0.118. The minimum absolute atomic E-state index is 0.243. The van der Waals surface area contributed by atoms with Crippen LogP contribution < -0.4 is 0 Å². The number of benzene rings is 1. The Bertz CT molecular complexity index is 802. The van der Waals surface area contributed by atoms with Crippen molar-refractivity contribution in [3.05, 3.63) is 67.9 Å². The minimum atomic E-state index is -0.262. The molecule has 2 aromatic rings. The van der Waals surface area contributed by atoms with Gasteiger partial charge in [-0.05, 0) is 77.2 Å². The van der Waals surface area contributed by atoms with Crippen molar-refractivity contribution in [3.63, 3.8) is 0 Å². The van der Waals surface area contributed by atoms with Gasteiger partial charge in [-0.25, -0.2) is 0 Å². The van der Waals surface area contributed by atoms with Gasteiger partial charge in [0.1, 0.15) is 0 Å². The molecule has 2 heterocycles. The first-order chi connectivity index (χ1) is 11.0. The van der Waals surface area contributed by atoms with E-state index in [0.717, 1.165) is 26.6 Å². The van der Waals surface area contributed by atoms with E-state index in [4.69, 9.17) is 0 Å². The number of imide groups is 1. The second-order valence-corrected chi connectivity index (χ2v) is 7.34. The van der Waals surface area contributed by atoms with E-state index in [1.54, 1.807) is 6.08 Å². The summed E-state index contributed by atoms with van der Waals surface area (Å²) >= 11 is 3.18. The van der Waals surface area contributed by atoms with Crippen molar-refractivity contribution < 1.29 is 9.59 Å². The van der Waals surface area contributed by atoms with E-state index in [1.165, 1.54) is 4.90 Å². The Hall–Kier alpha value is -1.67. The van der Waals surface area contributed by atoms with E-state index < -0.39 is 0 Å². The highest BCUT2D eigenvalue weighted by Crippen LogP contribution is 2.33. The molecule has 1 aliphatic rings. The quantitative estimate of drug-likeness (QED) is 0.534. The SMILES string of the molecule is Cc1cccc(/C=C2\SC(=O)N(Cc3ccc(I)cc3)C2=O)n1. The zero-order valence-electron chi connectivity index (χ0n) is 12.3. The zero-order chi connectivity index (χ0) is 16.4.